The van der Waals surface area contributed by atoms with Crippen LogP contribution in [0.5, 0.6) is 0 Å². The Morgan fingerprint density at radius 2 is 1.80 bits per heavy atom. The van der Waals surface area contributed by atoms with Crippen molar-refractivity contribution in [1.29, 1.82) is 0 Å². The minimum atomic E-state index is -3.90. The lowest BCUT2D eigenvalue weighted by Crippen LogP contribution is -2.43. The molecule has 0 spiro atoms. The minimum Gasteiger partial charge on any atom is -0.358 e. The molecule has 2 aromatic rings. The lowest BCUT2D eigenvalue weighted by molar-refractivity contribution is -0.00368. The minimum absolute atomic E-state index is 0.204. The number of ether oxygens (including phenoxy) is 1. The van der Waals surface area contributed by atoms with Crippen molar-refractivity contribution < 1.29 is 13.2 Å². The summed E-state index contributed by atoms with van der Waals surface area (Å²) in [5, 5.41) is 0. The first-order valence-corrected chi connectivity index (χ1v) is 11.7. The number of terminal acetylenes is 1. The molecule has 0 fully saturated rings. The average Bonchev–Trinajstić information content (AvgIpc) is 2.75. The van der Waals surface area contributed by atoms with Crippen molar-refractivity contribution in [2.45, 2.75) is 56.7 Å². The van der Waals surface area contributed by atoms with Gasteiger partial charge < -0.3 is 4.74 Å². The molecule has 4 nitrogen and oxygen atoms in total. The highest BCUT2D eigenvalue weighted by atomic mass is 32.2. The van der Waals surface area contributed by atoms with E-state index in [0.29, 0.717) is 6.61 Å². The third kappa shape index (κ3) is 6.06. The van der Waals surface area contributed by atoms with Crippen LogP contribution in [0.1, 0.15) is 49.8 Å². The number of hydrogen-bond donors (Lipinski definition) is 0. The lowest BCUT2D eigenvalue weighted by Gasteiger charge is -2.35. The summed E-state index contributed by atoms with van der Waals surface area (Å²) in [4.78, 5) is 0.204. The van der Waals surface area contributed by atoms with E-state index in [1.54, 1.807) is 24.3 Å². The molecule has 0 saturated heterocycles. The highest BCUT2D eigenvalue weighted by Gasteiger charge is 2.37. The second-order valence-electron chi connectivity index (χ2n) is 7.19. The summed E-state index contributed by atoms with van der Waals surface area (Å²) >= 11 is 0. The number of benzene rings is 2. The standard InChI is InChI=1S/C25H31NO3S/c1-5-8-12-20-29-25(7-3)26(24(13-6-2)22-14-10-9-11-15-22)30(27,28)23-18-16-21(4)17-19-23/h2,7,9-11,14-19,24-25H,3,5,8,12-13,20H2,1,4H3/t24-,25-/m0/s1. The third-order valence-electron chi connectivity index (χ3n) is 4.89. The number of hydrogen-bond acceptors (Lipinski definition) is 3. The predicted octanol–water partition coefficient (Wildman–Crippen LogP) is 5.47. The highest BCUT2D eigenvalue weighted by Crippen LogP contribution is 2.33. The molecule has 2 atom stereocenters. The zero-order chi connectivity index (χ0) is 22.0. The van der Waals surface area contributed by atoms with Gasteiger partial charge in [0.1, 0.15) is 6.23 Å². The maximum absolute atomic E-state index is 13.8. The van der Waals surface area contributed by atoms with Gasteiger partial charge in [0, 0.05) is 13.0 Å². The van der Waals surface area contributed by atoms with Gasteiger partial charge in [-0.1, -0.05) is 74.4 Å². The summed E-state index contributed by atoms with van der Waals surface area (Å²) in [6.45, 7) is 8.33. The molecule has 5 heteroatoms. The predicted molar refractivity (Wildman–Crippen MR) is 122 cm³/mol. The van der Waals surface area contributed by atoms with Crippen LogP contribution < -0.4 is 0 Å². The number of aryl methyl sites for hydroxylation is 1. The second kappa shape index (κ2) is 11.7. The van der Waals surface area contributed by atoms with Gasteiger partial charge in [-0.2, -0.15) is 4.31 Å². The quantitative estimate of drug-likeness (QED) is 0.196. The summed E-state index contributed by atoms with van der Waals surface area (Å²) < 4.78 is 34.9. The van der Waals surface area contributed by atoms with E-state index in [0.717, 1.165) is 30.4 Å². The number of nitrogens with zero attached hydrogens (tertiary/aromatic N) is 1. The van der Waals surface area contributed by atoms with Crippen LogP contribution in [0, 0.1) is 19.3 Å². The smallest absolute Gasteiger partial charge is 0.246 e. The molecule has 0 bridgehead atoms. The van der Waals surface area contributed by atoms with Crippen LogP contribution >= 0.6 is 0 Å². The average molecular weight is 426 g/mol. The molecule has 0 saturated carbocycles. The van der Waals surface area contributed by atoms with E-state index in [-0.39, 0.29) is 11.3 Å². The van der Waals surface area contributed by atoms with Crippen LogP contribution in [0.3, 0.4) is 0 Å². The molecule has 0 amide bonds. The van der Waals surface area contributed by atoms with Crippen LogP contribution in [0.25, 0.3) is 0 Å². The topological polar surface area (TPSA) is 46.6 Å². The fraction of sp³-hybridized carbons (Fsp3) is 0.360. The highest BCUT2D eigenvalue weighted by molar-refractivity contribution is 7.89. The summed E-state index contributed by atoms with van der Waals surface area (Å²) in [5.74, 6) is 2.64. The van der Waals surface area contributed by atoms with E-state index in [9.17, 15) is 8.42 Å². The second-order valence-corrected chi connectivity index (χ2v) is 9.03. The van der Waals surface area contributed by atoms with Gasteiger partial charge in [0.05, 0.1) is 10.9 Å². The van der Waals surface area contributed by atoms with Gasteiger partial charge in [-0.05, 0) is 37.1 Å². The first kappa shape index (κ1) is 23.9. The molecule has 30 heavy (non-hydrogen) atoms. The Kier molecular flexibility index (Phi) is 9.32. The summed E-state index contributed by atoms with van der Waals surface area (Å²) in [6.07, 6.45) is 9.49. The summed E-state index contributed by atoms with van der Waals surface area (Å²) in [7, 11) is -3.90. The van der Waals surface area contributed by atoms with E-state index in [1.807, 2.05) is 37.3 Å². The van der Waals surface area contributed by atoms with E-state index in [1.165, 1.54) is 10.4 Å². The van der Waals surface area contributed by atoms with E-state index in [2.05, 4.69) is 19.4 Å². The van der Waals surface area contributed by atoms with Crippen molar-refractivity contribution >= 4 is 10.0 Å². The molecule has 160 valence electrons. The van der Waals surface area contributed by atoms with Crippen molar-refractivity contribution in [2.75, 3.05) is 6.61 Å². The zero-order valence-electron chi connectivity index (χ0n) is 17.8. The molecule has 0 heterocycles. The number of rotatable bonds is 12. The maximum Gasteiger partial charge on any atom is 0.246 e. The summed E-state index contributed by atoms with van der Waals surface area (Å²) in [6, 6.07) is 15.6. The fourth-order valence-electron chi connectivity index (χ4n) is 3.26. The van der Waals surface area contributed by atoms with Crippen LogP contribution in [0.2, 0.25) is 0 Å². The van der Waals surface area contributed by atoms with Crippen molar-refractivity contribution in [1.82, 2.24) is 4.31 Å². The van der Waals surface area contributed by atoms with Gasteiger partial charge in [-0.15, -0.1) is 12.3 Å². The van der Waals surface area contributed by atoms with Crippen molar-refractivity contribution in [3.63, 3.8) is 0 Å². The van der Waals surface area contributed by atoms with Crippen LogP contribution in [0.15, 0.2) is 72.1 Å². The zero-order valence-corrected chi connectivity index (χ0v) is 18.6. The largest absolute Gasteiger partial charge is 0.358 e. The van der Waals surface area contributed by atoms with Crippen LogP contribution in [-0.4, -0.2) is 25.6 Å². The molecule has 0 aromatic heterocycles. The molecular weight excluding hydrogens is 394 g/mol. The van der Waals surface area contributed by atoms with Gasteiger partial charge >= 0.3 is 0 Å². The molecule has 0 unspecified atom stereocenters. The number of sulfonamides is 1. The van der Waals surface area contributed by atoms with Crippen molar-refractivity contribution in [3.8, 4) is 12.3 Å². The molecule has 0 N–H and O–H groups in total. The summed E-state index contributed by atoms with van der Waals surface area (Å²) in [5.41, 5.74) is 1.80. The molecule has 0 aliphatic heterocycles. The molecule has 2 aromatic carbocycles. The first-order valence-electron chi connectivity index (χ1n) is 10.3. The molecular formula is C25H31NO3S. The molecule has 0 aliphatic carbocycles. The van der Waals surface area contributed by atoms with Crippen LogP contribution in [-0.2, 0) is 14.8 Å². The van der Waals surface area contributed by atoms with Crippen molar-refractivity contribution in [3.05, 3.63) is 78.4 Å². The Balaban J connectivity index is 2.53. The van der Waals surface area contributed by atoms with Crippen molar-refractivity contribution in [2.24, 2.45) is 0 Å². The SMILES string of the molecule is C#CC[C@@H](c1ccccc1)N([C@H](C=C)OCCCCC)S(=O)(=O)c1ccc(C)cc1. The van der Waals surface area contributed by atoms with E-state index >= 15 is 0 Å². The van der Waals surface area contributed by atoms with E-state index in [4.69, 9.17) is 11.2 Å². The Morgan fingerprint density at radius 3 is 2.37 bits per heavy atom. The molecule has 0 radical (unpaired) electrons. The van der Waals surface area contributed by atoms with Gasteiger partial charge in [0.15, 0.2) is 0 Å². The van der Waals surface area contributed by atoms with Gasteiger partial charge in [0.2, 0.25) is 10.0 Å². The van der Waals surface area contributed by atoms with Crippen LogP contribution in [0.4, 0.5) is 0 Å². The normalized spacial score (nSPS) is 13.5. The monoisotopic (exact) mass is 425 g/mol. The first-order chi connectivity index (χ1) is 14.5. The van der Waals surface area contributed by atoms with Gasteiger partial charge in [0.25, 0.3) is 0 Å². The lowest BCUT2D eigenvalue weighted by atomic mass is 10.0. The molecule has 0 aliphatic rings. The maximum atomic E-state index is 13.8. The fourth-order valence-corrected chi connectivity index (χ4v) is 4.93. The number of unbranched alkanes of at least 4 members (excludes halogenated alkanes) is 2. The Hall–Kier alpha value is -2.39. The van der Waals surface area contributed by atoms with Gasteiger partial charge in [-0.25, -0.2) is 8.42 Å². The third-order valence-corrected chi connectivity index (χ3v) is 6.77. The van der Waals surface area contributed by atoms with E-state index < -0.39 is 22.3 Å². The Labute approximate surface area is 181 Å². The Morgan fingerprint density at radius 1 is 1.13 bits per heavy atom. The molecule has 2 rings (SSSR count). The van der Waals surface area contributed by atoms with Gasteiger partial charge in [-0.3, -0.25) is 0 Å². The Bertz CT molecular complexity index is 931.